The minimum atomic E-state index is -0.618. The number of fused-ring (bicyclic) bond motifs is 1. The molecule has 6 nitrogen and oxygen atoms in total. The first-order valence-electron chi connectivity index (χ1n) is 6.12. The van der Waals surface area contributed by atoms with Gasteiger partial charge in [-0.05, 0) is 26.0 Å². The summed E-state index contributed by atoms with van der Waals surface area (Å²) in [5.74, 6) is 0.391. The number of hydrogen-bond donors (Lipinski definition) is 1. The fourth-order valence-electron chi connectivity index (χ4n) is 2.20. The van der Waals surface area contributed by atoms with E-state index < -0.39 is 11.3 Å². The van der Waals surface area contributed by atoms with Gasteiger partial charge in [-0.1, -0.05) is 0 Å². The quantitative estimate of drug-likeness (QED) is 0.848. The van der Waals surface area contributed by atoms with Gasteiger partial charge in [0.15, 0.2) is 0 Å². The van der Waals surface area contributed by atoms with Crippen molar-refractivity contribution in [3.8, 4) is 11.6 Å². The molecule has 3 rings (SSSR count). The lowest BCUT2D eigenvalue weighted by molar-refractivity contribution is 0.156. The van der Waals surface area contributed by atoms with Crippen molar-refractivity contribution in [2.75, 3.05) is 0 Å². The summed E-state index contributed by atoms with van der Waals surface area (Å²) in [5, 5.41) is 9.97. The van der Waals surface area contributed by atoms with Gasteiger partial charge in [-0.15, -0.1) is 0 Å². The van der Waals surface area contributed by atoms with Crippen LogP contribution in [0, 0.1) is 0 Å². The highest BCUT2D eigenvalue weighted by atomic mass is 16.5. The zero-order valence-electron chi connectivity index (χ0n) is 11.1. The van der Waals surface area contributed by atoms with Gasteiger partial charge in [0.1, 0.15) is 11.4 Å². The molecular formula is C14H13N3O3. The van der Waals surface area contributed by atoms with Crippen LogP contribution in [0.25, 0.3) is 5.70 Å². The van der Waals surface area contributed by atoms with E-state index in [2.05, 4.69) is 9.97 Å². The molecule has 102 valence electrons. The molecule has 0 radical (unpaired) electrons. The van der Waals surface area contributed by atoms with Crippen LogP contribution < -0.4 is 10.4 Å². The predicted octanol–water partition coefficient (Wildman–Crippen LogP) is 1.40. The molecule has 0 aliphatic carbocycles. The summed E-state index contributed by atoms with van der Waals surface area (Å²) in [6.45, 7) is 3.72. The monoisotopic (exact) mass is 271 g/mol. The molecule has 0 amide bonds. The maximum absolute atomic E-state index is 12.0. The van der Waals surface area contributed by atoms with E-state index in [0.29, 0.717) is 17.0 Å². The summed E-state index contributed by atoms with van der Waals surface area (Å²) in [6.07, 6.45) is 6.24. The molecule has 1 aliphatic heterocycles. The average molecular weight is 271 g/mol. The molecule has 0 spiro atoms. The summed E-state index contributed by atoms with van der Waals surface area (Å²) < 4.78 is 6.95. The lowest BCUT2D eigenvalue weighted by Gasteiger charge is -2.31. The van der Waals surface area contributed by atoms with E-state index in [0.717, 1.165) is 4.57 Å². The van der Waals surface area contributed by atoms with Crippen molar-refractivity contribution in [1.82, 2.24) is 14.5 Å². The highest BCUT2D eigenvalue weighted by Crippen LogP contribution is 2.36. The molecule has 0 saturated carbocycles. The highest BCUT2D eigenvalue weighted by Gasteiger charge is 2.28. The third-order valence-electron chi connectivity index (χ3n) is 2.99. The first kappa shape index (κ1) is 12.4. The fourth-order valence-corrected chi connectivity index (χ4v) is 2.20. The molecule has 1 aliphatic rings. The Bertz CT molecular complexity index is 762. The molecular weight excluding hydrogens is 258 g/mol. The Morgan fingerprint density at radius 1 is 1.30 bits per heavy atom. The van der Waals surface area contributed by atoms with E-state index in [1.807, 2.05) is 13.8 Å². The number of hydrogen-bond acceptors (Lipinski definition) is 5. The topological polar surface area (TPSA) is 77.2 Å². The molecule has 2 aromatic rings. The molecule has 2 aromatic heterocycles. The van der Waals surface area contributed by atoms with Crippen LogP contribution in [0.1, 0.15) is 19.4 Å². The SMILES string of the molecule is CC1(C)C=C(n2c(O)ccnc2=O)c2ccncc2O1. The Hall–Kier alpha value is -2.63. The van der Waals surface area contributed by atoms with Crippen LogP contribution in [-0.2, 0) is 0 Å². The van der Waals surface area contributed by atoms with Gasteiger partial charge in [0, 0.05) is 24.0 Å². The van der Waals surface area contributed by atoms with E-state index in [1.165, 1.54) is 12.3 Å². The van der Waals surface area contributed by atoms with E-state index in [9.17, 15) is 9.90 Å². The average Bonchev–Trinajstić information content (AvgIpc) is 2.37. The number of rotatable bonds is 1. The molecule has 0 aromatic carbocycles. The van der Waals surface area contributed by atoms with Crippen LogP contribution >= 0.6 is 0 Å². The Balaban J connectivity index is 2.31. The molecule has 20 heavy (non-hydrogen) atoms. The first-order chi connectivity index (χ1) is 9.48. The number of ether oxygens (including phenoxy) is 1. The zero-order chi connectivity index (χ0) is 14.3. The third-order valence-corrected chi connectivity index (χ3v) is 2.99. The van der Waals surface area contributed by atoms with E-state index >= 15 is 0 Å². The Kier molecular flexibility index (Phi) is 2.60. The van der Waals surface area contributed by atoms with Gasteiger partial charge >= 0.3 is 5.69 Å². The maximum atomic E-state index is 12.0. The predicted molar refractivity (Wildman–Crippen MR) is 72.5 cm³/mol. The maximum Gasteiger partial charge on any atom is 0.354 e. The fraction of sp³-hybridized carbons (Fsp3) is 0.214. The normalized spacial score (nSPS) is 16.0. The van der Waals surface area contributed by atoms with Crippen LogP contribution in [0.3, 0.4) is 0 Å². The summed E-state index contributed by atoms with van der Waals surface area (Å²) in [5.41, 5.74) is 0.0586. The van der Waals surface area contributed by atoms with E-state index in [-0.39, 0.29) is 5.88 Å². The minimum absolute atomic E-state index is 0.170. The summed E-state index contributed by atoms with van der Waals surface area (Å²) in [7, 11) is 0. The van der Waals surface area contributed by atoms with Gasteiger partial charge in [-0.2, -0.15) is 0 Å². The number of aromatic nitrogens is 3. The van der Waals surface area contributed by atoms with Crippen LogP contribution in [0.5, 0.6) is 11.6 Å². The summed E-state index contributed by atoms with van der Waals surface area (Å²) in [6, 6.07) is 3.10. The van der Waals surface area contributed by atoms with Crippen molar-refractivity contribution in [3.05, 3.63) is 52.8 Å². The van der Waals surface area contributed by atoms with Crippen molar-refractivity contribution in [3.63, 3.8) is 0 Å². The third kappa shape index (κ3) is 1.95. The Labute approximate surface area is 115 Å². The van der Waals surface area contributed by atoms with Crippen molar-refractivity contribution in [1.29, 1.82) is 0 Å². The van der Waals surface area contributed by atoms with E-state index in [1.54, 1.807) is 24.5 Å². The van der Waals surface area contributed by atoms with Gasteiger partial charge in [0.2, 0.25) is 5.88 Å². The molecule has 6 heteroatoms. The van der Waals surface area contributed by atoms with Crippen molar-refractivity contribution in [2.24, 2.45) is 0 Å². The first-order valence-corrected chi connectivity index (χ1v) is 6.12. The smallest absolute Gasteiger partial charge is 0.354 e. The van der Waals surface area contributed by atoms with Gasteiger partial charge in [-0.25, -0.2) is 14.3 Å². The van der Waals surface area contributed by atoms with Crippen LogP contribution in [-0.4, -0.2) is 25.2 Å². The number of nitrogens with zero attached hydrogens (tertiary/aromatic N) is 3. The molecule has 0 bridgehead atoms. The van der Waals surface area contributed by atoms with Gasteiger partial charge < -0.3 is 9.84 Å². The number of pyridine rings is 1. The van der Waals surface area contributed by atoms with Gasteiger partial charge in [0.25, 0.3) is 0 Å². The lowest BCUT2D eigenvalue weighted by Crippen LogP contribution is -2.32. The second-order valence-electron chi connectivity index (χ2n) is 5.03. The second-order valence-corrected chi connectivity index (χ2v) is 5.03. The Morgan fingerprint density at radius 2 is 2.10 bits per heavy atom. The van der Waals surface area contributed by atoms with Crippen molar-refractivity contribution in [2.45, 2.75) is 19.4 Å². The second kappa shape index (κ2) is 4.19. The van der Waals surface area contributed by atoms with Gasteiger partial charge in [0.05, 0.1) is 11.9 Å². The lowest BCUT2D eigenvalue weighted by atomic mass is 10.00. The molecule has 0 atom stereocenters. The van der Waals surface area contributed by atoms with Crippen molar-refractivity contribution < 1.29 is 9.84 Å². The van der Waals surface area contributed by atoms with Crippen LogP contribution in [0.15, 0.2) is 41.6 Å². The zero-order valence-corrected chi connectivity index (χ0v) is 11.1. The molecule has 0 unspecified atom stereocenters. The number of aromatic hydroxyl groups is 1. The van der Waals surface area contributed by atoms with Crippen molar-refractivity contribution >= 4 is 5.70 Å². The van der Waals surface area contributed by atoms with Gasteiger partial charge in [-0.3, -0.25) is 4.98 Å². The molecule has 0 fully saturated rings. The minimum Gasteiger partial charge on any atom is -0.494 e. The largest absolute Gasteiger partial charge is 0.494 e. The van der Waals surface area contributed by atoms with E-state index in [4.69, 9.17) is 4.74 Å². The molecule has 3 heterocycles. The molecule has 1 N–H and O–H groups in total. The Morgan fingerprint density at radius 3 is 2.85 bits per heavy atom. The highest BCUT2D eigenvalue weighted by molar-refractivity contribution is 5.73. The summed E-state index contributed by atoms with van der Waals surface area (Å²) >= 11 is 0. The summed E-state index contributed by atoms with van der Waals surface area (Å²) in [4.78, 5) is 19.7. The van der Waals surface area contributed by atoms with Crippen LogP contribution in [0.2, 0.25) is 0 Å². The standard InChI is InChI=1S/C14H13N3O3/c1-14(2)7-10(9-3-5-15-8-11(9)20-14)17-12(18)4-6-16-13(17)19/h3-8,18H,1-2H3. The van der Waals surface area contributed by atoms with Crippen LogP contribution in [0.4, 0.5) is 0 Å². The molecule has 0 saturated heterocycles.